The van der Waals surface area contributed by atoms with Gasteiger partial charge in [-0.2, -0.15) is 0 Å². The molecule has 136 valence electrons. The van der Waals surface area contributed by atoms with Gasteiger partial charge in [-0.05, 0) is 102 Å². The largest absolute Gasteiger partial charge is 0.306 e. The van der Waals surface area contributed by atoms with Crippen molar-refractivity contribution in [2.45, 2.75) is 85.1 Å². The van der Waals surface area contributed by atoms with E-state index in [-0.39, 0.29) is 0 Å². The summed E-state index contributed by atoms with van der Waals surface area (Å²) in [6.45, 7) is 14.2. The lowest BCUT2D eigenvalue weighted by Crippen LogP contribution is -2.47. The first-order valence-corrected chi connectivity index (χ1v) is 10.5. The molecule has 0 unspecified atom stereocenters. The summed E-state index contributed by atoms with van der Waals surface area (Å²) in [6.07, 6.45) is 11.8. The van der Waals surface area contributed by atoms with Crippen molar-refractivity contribution in [2.24, 2.45) is 17.3 Å². The van der Waals surface area contributed by atoms with Gasteiger partial charge < -0.3 is 9.80 Å². The molecule has 0 radical (unpaired) electrons. The van der Waals surface area contributed by atoms with Crippen LogP contribution in [0.15, 0.2) is 0 Å². The second-order valence-corrected chi connectivity index (χ2v) is 8.65. The van der Waals surface area contributed by atoms with Gasteiger partial charge in [0, 0.05) is 6.04 Å². The summed E-state index contributed by atoms with van der Waals surface area (Å²) >= 11 is 0. The van der Waals surface area contributed by atoms with Crippen LogP contribution in [0.2, 0.25) is 0 Å². The van der Waals surface area contributed by atoms with Crippen LogP contribution in [0.5, 0.6) is 0 Å². The fraction of sp³-hybridized carbons (Fsp3) is 1.00. The molecular weight excluding hydrogens is 280 g/mol. The van der Waals surface area contributed by atoms with E-state index < -0.39 is 0 Å². The smallest absolute Gasteiger partial charge is 0.00956 e. The van der Waals surface area contributed by atoms with Gasteiger partial charge in [-0.15, -0.1) is 0 Å². The highest BCUT2D eigenvalue weighted by Crippen LogP contribution is 2.45. The van der Waals surface area contributed by atoms with Crippen LogP contribution in [0.4, 0.5) is 0 Å². The molecule has 3 rings (SSSR count). The van der Waals surface area contributed by atoms with Gasteiger partial charge in [0.15, 0.2) is 0 Å². The summed E-state index contributed by atoms with van der Waals surface area (Å²) in [4.78, 5) is 5.37. The van der Waals surface area contributed by atoms with E-state index in [2.05, 4.69) is 30.7 Å². The highest BCUT2D eigenvalue weighted by Gasteiger charge is 2.39. The maximum absolute atomic E-state index is 2.85. The van der Waals surface area contributed by atoms with Gasteiger partial charge in [0.25, 0.3) is 0 Å². The fourth-order valence-electron chi connectivity index (χ4n) is 5.12. The lowest BCUT2D eigenvalue weighted by Gasteiger charge is -2.48. The van der Waals surface area contributed by atoms with Crippen LogP contribution in [0.25, 0.3) is 0 Å². The summed E-state index contributed by atoms with van der Waals surface area (Å²) < 4.78 is 0. The third-order valence-corrected chi connectivity index (χ3v) is 7.10. The Balaban J connectivity index is 0.000000924. The molecule has 1 aliphatic carbocycles. The van der Waals surface area contributed by atoms with Crippen LogP contribution >= 0.6 is 0 Å². The van der Waals surface area contributed by atoms with Crippen molar-refractivity contribution in [3.63, 3.8) is 0 Å². The minimum absolute atomic E-state index is 0.735. The molecule has 2 heterocycles. The Labute approximate surface area is 146 Å². The molecule has 0 aromatic heterocycles. The van der Waals surface area contributed by atoms with Crippen LogP contribution in [-0.2, 0) is 0 Å². The van der Waals surface area contributed by atoms with Gasteiger partial charge in [-0.25, -0.2) is 0 Å². The zero-order valence-electron chi connectivity index (χ0n) is 16.6. The average molecular weight is 323 g/mol. The van der Waals surface area contributed by atoms with E-state index in [4.69, 9.17) is 0 Å². The molecule has 3 fully saturated rings. The zero-order chi connectivity index (χ0) is 16.9. The van der Waals surface area contributed by atoms with Crippen LogP contribution in [0, 0.1) is 17.3 Å². The minimum Gasteiger partial charge on any atom is -0.306 e. The molecule has 3 aliphatic rings. The molecule has 0 atom stereocenters. The molecule has 1 spiro atoms. The first-order chi connectivity index (χ1) is 11.1. The van der Waals surface area contributed by atoms with Crippen molar-refractivity contribution in [1.29, 1.82) is 0 Å². The molecule has 0 bridgehead atoms. The molecule has 2 nitrogen and oxygen atoms in total. The van der Waals surface area contributed by atoms with Crippen molar-refractivity contribution < 1.29 is 0 Å². The molecule has 2 heteroatoms. The Bertz CT molecular complexity index is 313. The summed E-state index contributed by atoms with van der Waals surface area (Å²) in [6, 6.07) is 0.920. The van der Waals surface area contributed by atoms with Gasteiger partial charge in [-0.3, -0.25) is 0 Å². The molecule has 0 N–H and O–H groups in total. The predicted molar refractivity (Wildman–Crippen MR) is 102 cm³/mol. The number of likely N-dealkylation sites (tertiary alicyclic amines) is 2. The van der Waals surface area contributed by atoms with Crippen molar-refractivity contribution in [3.05, 3.63) is 0 Å². The zero-order valence-corrected chi connectivity index (χ0v) is 16.6. The first kappa shape index (κ1) is 19.2. The third kappa shape index (κ3) is 4.95. The Morgan fingerprint density at radius 1 is 0.783 bits per heavy atom. The van der Waals surface area contributed by atoms with Crippen LogP contribution in [0.1, 0.15) is 79.1 Å². The first-order valence-electron chi connectivity index (χ1n) is 10.5. The van der Waals surface area contributed by atoms with Gasteiger partial charge in [0.05, 0.1) is 0 Å². The fourth-order valence-corrected chi connectivity index (χ4v) is 5.12. The van der Waals surface area contributed by atoms with Crippen molar-refractivity contribution in [2.75, 3.05) is 33.2 Å². The molecule has 0 aromatic rings. The maximum atomic E-state index is 2.85. The summed E-state index contributed by atoms with van der Waals surface area (Å²) in [7, 11) is 2.29. The number of piperidine rings is 2. The van der Waals surface area contributed by atoms with Crippen LogP contribution in [0.3, 0.4) is 0 Å². The summed E-state index contributed by atoms with van der Waals surface area (Å²) in [5.41, 5.74) is 0.735. The van der Waals surface area contributed by atoms with E-state index in [9.17, 15) is 0 Å². The van der Waals surface area contributed by atoms with E-state index in [0.29, 0.717) is 0 Å². The van der Waals surface area contributed by atoms with Gasteiger partial charge in [0.1, 0.15) is 0 Å². The lowest BCUT2D eigenvalue weighted by molar-refractivity contribution is 0.0252. The number of nitrogens with zero attached hydrogens (tertiary/aromatic N) is 2. The second-order valence-electron chi connectivity index (χ2n) is 8.65. The minimum atomic E-state index is 0.735. The number of hydrogen-bond donors (Lipinski definition) is 0. The van der Waals surface area contributed by atoms with E-state index in [0.717, 1.165) is 23.3 Å². The molecule has 0 aromatic carbocycles. The topological polar surface area (TPSA) is 6.48 Å². The standard InChI is InChI=1S/C19H36N2.C2H6/c1-16(2)17-6-12-21(13-7-17)18-4-8-19(9-5-18)10-14-20(3)15-11-19;1-2/h16-18H,4-15H2,1-3H3;1-2H3. The molecule has 0 amide bonds. The maximum Gasteiger partial charge on any atom is 0.00956 e. The number of rotatable bonds is 2. The molecule has 23 heavy (non-hydrogen) atoms. The molecule has 2 aliphatic heterocycles. The average Bonchev–Trinajstić information content (AvgIpc) is 2.60. The van der Waals surface area contributed by atoms with Crippen LogP contribution in [-0.4, -0.2) is 49.1 Å². The quantitative estimate of drug-likeness (QED) is 0.703. The van der Waals surface area contributed by atoms with Crippen molar-refractivity contribution in [3.8, 4) is 0 Å². The van der Waals surface area contributed by atoms with Crippen molar-refractivity contribution >= 4 is 0 Å². The SMILES string of the molecule is CC.CC(C)C1CCN(C2CCC3(CC2)CCN(C)CC3)CC1. The molecule has 2 saturated heterocycles. The second kappa shape index (κ2) is 8.85. The van der Waals surface area contributed by atoms with E-state index >= 15 is 0 Å². The molecular formula is C21H42N2. The normalized spacial score (nSPS) is 27.9. The van der Waals surface area contributed by atoms with E-state index in [1.54, 1.807) is 0 Å². The van der Waals surface area contributed by atoms with E-state index in [1.165, 1.54) is 77.5 Å². The van der Waals surface area contributed by atoms with Gasteiger partial charge in [0.2, 0.25) is 0 Å². The summed E-state index contributed by atoms with van der Waals surface area (Å²) in [5, 5.41) is 0. The van der Waals surface area contributed by atoms with Gasteiger partial charge >= 0.3 is 0 Å². The predicted octanol–water partition coefficient (Wildman–Crippen LogP) is 5.04. The Morgan fingerprint density at radius 2 is 1.30 bits per heavy atom. The van der Waals surface area contributed by atoms with Gasteiger partial charge in [-0.1, -0.05) is 27.7 Å². The van der Waals surface area contributed by atoms with Crippen molar-refractivity contribution in [1.82, 2.24) is 9.80 Å². The number of hydrogen-bond acceptors (Lipinski definition) is 2. The third-order valence-electron chi connectivity index (χ3n) is 7.10. The van der Waals surface area contributed by atoms with Crippen LogP contribution < -0.4 is 0 Å². The van der Waals surface area contributed by atoms with E-state index in [1.807, 2.05) is 13.8 Å². The highest BCUT2D eigenvalue weighted by molar-refractivity contribution is 4.93. The monoisotopic (exact) mass is 322 g/mol. The summed E-state index contributed by atoms with van der Waals surface area (Å²) in [5.74, 6) is 1.88. The Kier molecular flexibility index (Phi) is 7.41. The Hall–Kier alpha value is -0.0800. The highest BCUT2D eigenvalue weighted by atomic mass is 15.2. The molecule has 1 saturated carbocycles. The lowest BCUT2D eigenvalue weighted by atomic mass is 9.66. The Morgan fingerprint density at radius 3 is 1.78 bits per heavy atom.